The van der Waals surface area contributed by atoms with Gasteiger partial charge < -0.3 is 0 Å². The average Bonchev–Trinajstić information content (AvgIpc) is 2.59. The molecule has 1 heteroatoms. The van der Waals surface area contributed by atoms with Gasteiger partial charge in [0.2, 0.25) is 0 Å². The van der Waals surface area contributed by atoms with E-state index in [9.17, 15) is 0 Å². The molecule has 0 N–H and O–H groups in total. The van der Waals surface area contributed by atoms with Crippen LogP contribution in [0.15, 0.2) is 0 Å². The molecule has 2 rings (SSSR count). The summed E-state index contributed by atoms with van der Waals surface area (Å²) in [6.07, 6.45) is 5.72. The molecule has 2 fully saturated rings. The van der Waals surface area contributed by atoms with Crippen molar-refractivity contribution in [2.75, 3.05) is 5.88 Å². The van der Waals surface area contributed by atoms with Crippen LogP contribution in [-0.2, 0) is 0 Å². The van der Waals surface area contributed by atoms with Crippen molar-refractivity contribution < 1.29 is 0 Å². The molecule has 0 nitrogen and oxygen atoms in total. The van der Waals surface area contributed by atoms with Crippen molar-refractivity contribution in [2.24, 2.45) is 23.2 Å². The van der Waals surface area contributed by atoms with E-state index in [2.05, 4.69) is 13.8 Å². The van der Waals surface area contributed by atoms with Gasteiger partial charge in [-0.25, -0.2) is 0 Å². The monoisotopic (exact) mass is 186 g/mol. The summed E-state index contributed by atoms with van der Waals surface area (Å²) in [7, 11) is 0. The highest BCUT2D eigenvalue weighted by Gasteiger charge is 2.53. The first-order valence-electron chi connectivity index (χ1n) is 5.21. The van der Waals surface area contributed by atoms with Crippen molar-refractivity contribution in [3.63, 3.8) is 0 Å². The number of hydrogen-bond donors (Lipinski definition) is 0. The molecule has 0 bridgehead atoms. The summed E-state index contributed by atoms with van der Waals surface area (Å²) in [6, 6.07) is 0. The first kappa shape index (κ1) is 8.87. The number of alkyl halides is 1. The maximum Gasteiger partial charge on any atom is 0.0280 e. The second-order valence-corrected chi connectivity index (χ2v) is 5.66. The highest BCUT2D eigenvalue weighted by atomic mass is 35.5. The molecule has 2 atom stereocenters. The summed E-state index contributed by atoms with van der Waals surface area (Å²) in [6.45, 7) is 4.64. The molecule has 70 valence electrons. The van der Waals surface area contributed by atoms with E-state index in [0.29, 0.717) is 5.41 Å². The van der Waals surface area contributed by atoms with E-state index in [4.69, 9.17) is 11.6 Å². The second-order valence-electron chi connectivity index (χ2n) is 5.40. The maximum atomic E-state index is 6.09. The second kappa shape index (κ2) is 2.90. The third kappa shape index (κ3) is 1.51. The SMILES string of the molecule is CC(C)CC1(CCl)CC2CC2C1. The molecule has 2 aliphatic rings. The first-order valence-corrected chi connectivity index (χ1v) is 5.75. The average molecular weight is 187 g/mol. The molecule has 0 radical (unpaired) electrons. The first-order chi connectivity index (χ1) is 5.65. The summed E-state index contributed by atoms with van der Waals surface area (Å²) in [5, 5.41) is 0. The molecule has 0 amide bonds. The minimum Gasteiger partial charge on any atom is -0.126 e. The standard InChI is InChI=1S/C11H19Cl/c1-8(2)4-11(7-12)5-9-3-10(9)6-11/h8-10H,3-7H2,1-2H3. The third-order valence-electron chi connectivity index (χ3n) is 3.58. The van der Waals surface area contributed by atoms with Crippen molar-refractivity contribution in [3.8, 4) is 0 Å². The molecule has 0 aliphatic heterocycles. The molecule has 0 aromatic rings. The van der Waals surface area contributed by atoms with Crippen LogP contribution in [0.2, 0.25) is 0 Å². The van der Waals surface area contributed by atoms with Crippen LogP contribution in [0.4, 0.5) is 0 Å². The lowest BCUT2D eigenvalue weighted by Gasteiger charge is -2.30. The van der Waals surface area contributed by atoms with E-state index in [1.54, 1.807) is 0 Å². The Bertz CT molecular complexity index is 164. The zero-order valence-electron chi connectivity index (χ0n) is 8.15. The normalized spacial score (nSPS) is 45.0. The van der Waals surface area contributed by atoms with Crippen LogP contribution in [0.5, 0.6) is 0 Å². The van der Waals surface area contributed by atoms with E-state index in [1.807, 2.05) is 0 Å². The predicted octanol–water partition coefficient (Wildman–Crippen LogP) is 3.69. The van der Waals surface area contributed by atoms with Crippen LogP contribution in [0.25, 0.3) is 0 Å². The van der Waals surface area contributed by atoms with Gasteiger partial charge in [-0.3, -0.25) is 0 Å². The highest BCUT2D eigenvalue weighted by Crippen LogP contribution is 2.62. The van der Waals surface area contributed by atoms with Gasteiger partial charge in [0.1, 0.15) is 0 Å². The minimum absolute atomic E-state index is 0.545. The fourth-order valence-corrected chi connectivity index (χ4v) is 3.53. The van der Waals surface area contributed by atoms with E-state index < -0.39 is 0 Å². The van der Waals surface area contributed by atoms with Crippen molar-refractivity contribution in [3.05, 3.63) is 0 Å². The maximum absolute atomic E-state index is 6.09. The van der Waals surface area contributed by atoms with E-state index in [1.165, 1.54) is 25.7 Å². The van der Waals surface area contributed by atoms with Crippen LogP contribution in [0, 0.1) is 23.2 Å². The van der Waals surface area contributed by atoms with Crippen LogP contribution >= 0.6 is 11.6 Å². The topological polar surface area (TPSA) is 0 Å². The molecule has 2 saturated carbocycles. The lowest BCUT2D eigenvalue weighted by molar-refractivity contribution is 0.243. The zero-order valence-corrected chi connectivity index (χ0v) is 8.90. The largest absolute Gasteiger partial charge is 0.126 e. The molecule has 0 heterocycles. The molecule has 12 heavy (non-hydrogen) atoms. The molecular formula is C11H19Cl. The quantitative estimate of drug-likeness (QED) is 0.590. The number of hydrogen-bond acceptors (Lipinski definition) is 0. The summed E-state index contributed by atoms with van der Waals surface area (Å²) in [5.41, 5.74) is 0.545. The van der Waals surface area contributed by atoms with Gasteiger partial charge in [-0.05, 0) is 48.9 Å². The van der Waals surface area contributed by atoms with Gasteiger partial charge >= 0.3 is 0 Å². The Morgan fingerprint density at radius 1 is 1.33 bits per heavy atom. The summed E-state index contributed by atoms with van der Waals surface area (Å²) in [4.78, 5) is 0. The van der Waals surface area contributed by atoms with Crippen molar-refractivity contribution in [1.29, 1.82) is 0 Å². The molecule has 2 unspecified atom stereocenters. The van der Waals surface area contributed by atoms with Crippen LogP contribution in [0.1, 0.15) is 39.5 Å². The van der Waals surface area contributed by atoms with E-state index in [0.717, 1.165) is 23.6 Å². The van der Waals surface area contributed by atoms with Crippen LogP contribution < -0.4 is 0 Å². The van der Waals surface area contributed by atoms with Crippen LogP contribution in [-0.4, -0.2) is 5.88 Å². The fraction of sp³-hybridized carbons (Fsp3) is 1.00. The van der Waals surface area contributed by atoms with Gasteiger partial charge in [-0.15, -0.1) is 11.6 Å². The van der Waals surface area contributed by atoms with Gasteiger partial charge in [0.05, 0.1) is 0 Å². The van der Waals surface area contributed by atoms with Crippen molar-refractivity contribution >= 4 is 11.6 Å². The Morgan fingerprint density at radius 3 is 2.33 bits per heavy atom. The zero-order chi connectivity index (χ0) is 8.77. The van der Waals surface area contributed by atoms with Gasteiger partial charge in [0.25, 0.3) is 0 Å². The molecule has 0 aromatic carbocycles. The van der Waals surface area contributed by atoms with E-state index in [-0.39, 0.29) is 0 Å². The van der Waals surface area contributed by atoms with E-state index >= 15 is 0 Å². The van der Waals surface area contributed by atoms with Crippen LogP contribution in [0.3, 0.4) is 0 Å². The number of halogens is 1. The Hall–Kier alpha value is 0.290. The lowest BCUT2D eigenvalue weighted by atomic mass is 9.78. The summed E-state index contributed by atoms with van der Waals surface area (Å²) in [5.74, 6) is 3.87. The molecule has 0 aromatic heterocycles. The van der Waals surface area contributed by atoms with Crippen molar-refractivity contribution in [1.82, 2.24) is 0 Å². The molecular weight excluding hydrogens is 168 g/mol. The Morgan fingerprint density at radius 2 is 1.92 bits per heavy atom. The lowest BCUT2D eigenvalue weighted by Crippen LogP contribution is -2.23. The van der Waals surface area contributed by atoms with Gasteiger partial charge in [0, 0.05) is 5.88 Å². The summed E-state index contributed by atoms with van der Waals surface area (Å²) < 4.78 is 0. The molecule has 0 spiro atoms. The third-order valence-corrected chi connectivity index (χ3v) is 4.15. The number of fused-ring (bicyclic) bond motifs is 1. The summed E-state index contributed by atoms with van der Waals surface area (Å²) >= 11 is 6.09. The fourth-order valence-electron chi connectivity index (χ4n) is 3.20. The van der Waals surface area contributed by atoms with Gasteiger partial charge in [0.15, 0.2) is 0 Å². The predicted molar refractivity (Wildman–Crippen MR) is 53.4 cm³/mol. The minimum atomic E-state index is 0.545. The molecule has 2 aliphatic carbocycles. The number of rotatable bonds is 3. The Labute approximate surface area is 80.7 Å². The highest BCUT2D eigenvalue weighted by molar-refractivity contribution is 6.18. The smallest absolute Gasteiger partial charge is 0.0280 e. The van der Waals surface area contributed by atoms with Crippen molar-refractivity contribution in [2.45, 2.75) is 39.5 Å². The van der Waals surface area contributed by atoms with Gasteiger partial charge in [-0.2, -0.15) is 0 Å². The Kier molecular flexibility index (Phi) is 2.15. The Balaban J connectivity index is 1.96. The molecule has 0 saturated heterocycles. The van der Waals surface area contributed by atoms with Gasteiger partial charge in [-0.1, -0.05) is 13.8 Å².